The zero-order valence-electron chi connectivity index (χ0n) is 14.1. The first-order chi connectivity index (χ1) is 12.6. The normalized spacial score (nSPS) is 16.3. The van der Waals surface area contributed by atoms with Gasteiger partial charge in [-0.3, -0.25) is 4.79 Å². The van der Waals surface area contributed by atoms with Gasteiger partial charge in [-0.2, -0.15) is 0 Å². The summed E-state index contributed by atoms with van der Waals surface area (Å²) in [7, 11) is 0. The molecule has 0 saturated carbocycles. The Hall–Kier alpha value is -3.42. The van der Waals surface area contributed by atoms with E-state index in [4.69, 9.17) is 0 Å². The molecule has 3 heterocycles. The molecule has 1 aromatic carbocycles. The van der Waals surface area contributed by atoms with Gasteiger partial charge >= 0.3 is 5.97 Å². The van der Waals surface area contributed by atoms with Crippen LogP contribution in [0.2, 0.25) is 0 Å². The number of carboxylic acids is 1. The second-order valence-corrected chi connectivity index (χ2v) is 6.18. The van der Waals surface area contributed by atoms with E-state index in [1.54, 1.807) is 6.92 Å². The maximum absolute atomic E-state index is 13.1. The van der Waals surface area contributed by atoms with E-state index in [1.807, 2.05) is 30.3 Å². The third-order valence-corrected chi connectivity index (χ3v) is 4.55. The van der Waals surface area contributed by atoms with Crippen LogP contribution in [0.3, 0.4) is 0 Å². The van der Waals surface area contributed by atoms with Crippen LogP contribution in [0.15, 0.2) is 36.7 Å². The van der Waals surface area contributed by atoms with Crippen LogP contribution in [-0.4, -0.2) is 48.4 Å². The van der Waals surface area contributed by atoms with Crippen LogP contribution >= 0.6 is 0 Å². The van der Waals surface area contributed by atoms with Gasteiger partial charge in [-0.05, 0) is 6.92 Å². The average Bonchev–Trinajstić information content (AvgIpc) is 3.27. The van der Waals surface area contributed by atoms with E-state index in [9.17, 15) is 14.7 Å². The van der Waals surface area contributed by atoms with Crippen molar-refractivity contribution in [3.63, 3.8) is 0 Å². The minimum atomic E-state index is -1.12. The van der Waals surface area contributed by atoms with E-state index in [1.165, 1.54) is 11.2 Å². The van der Waals surface area contributed by atoms with Gasteiger partial charge in [0.1, 0.15) is 11.5 Å². The molecule has 0 fully saturated rings. The lowest BCUT2D eigenvalue weighted by Crippen LogP contribution is -2.44. The molecule has 3 aromatic rings. The number of fused-ring (bicyclic) bond motifs is 1. The van der Waals surface area contributed by atoms with Crippen LogP contribution in [0.4, 0.5) is 0 Å². The van der Waals surface area contributed by atoms with Gasteiger partial charge in [0.2, 0.25) is 0 Å². The second kappa shape index (κ2) is 6.14. The summed E-state index contributed by atoms with van der Waals surface area (Å²) in [6.45, 7) is 2.05. The number of carbonyl (C=O) groups is 2. The summed E-state index contributed by atoms with van der Waals surface area (Å²) in [6, 6.07) is 8.34. The van der Waals surface area contributed by atoms with E-state index < -0.39 is 17.9 Å². The van der Waals surface area contributed by atoms with Crippen LogP contribution in [-0.2, 0) is 11.2 Å². The Morgan fingerprint density at radius 3 is 2.77 bits per heavy atom. The minimum absolute atomic E-state index is 0.231. The van der Waals surface area contributed by atoms with Crippen molar-refractivity contribution in [3.8, 4) is 11.4 Å². The zero-order valence-corrected chi connectivity index (χ0v) is 14.1. The number of nitrogens with one attached hydrogen (secondary N) is 2. The predicted octanol–water partition coefficient (Wildman–Crippen LogP) is 1.93. The number of imidazole rings is 2. The molecule has 132 valence electrons. The van der Waals surface area contributed by atoms with Crippen LogP contribution < -0.4 is 0 Å². The van der Waals surface area contributed by atoms with Crippen molar-refractivity contribution in [1.29, 1.82) is 0 Å². The number of rotatable bonds is 3. The van der Waals surface area contributed by atoms with Crippen molar-refractivity contribution in [2.24, 2.45) is 0 Å². The van der Waals surface area contributed by atoms with Gasteiger partial charge in [-0.15, -0.1) is 0 Å². The molecule has 0 unspecified atom stereocenters. The number of aliphatic carboxylic acids is 1. The molecule has 1 amide bonds. The summed E-state index contributed by atoms with van der Waals surface area (Å²) in [5.74, 6) is -0.944. The summed E-state index contributed by atoms with van der Waals surface area (Å²) >= 11 is 0. The van der Waals surface area contributed by atoms with Gasteiger partial charge in [0.25, 0.3) is 5.91 Å². The fraction of sp³-hybridized carbons (Fsp3) is 0.222. The molecule has 2 aromatic heterocycles. The summed E-state index contributed by atoms with van der Waals surface area (Å²) in [6.07, 6.45) is 1.99. The highest BCUT2D eigenvalue weighted by Crippen LogP contribution is 2.29. The van der Waals surface area contributed by atoms with Crippen molar-refractivity contribution in [1.82, 2.24) is 24.8 Å². The molecule has 26 heavy (non-hydrogen) atoms. The van der Waals surface area contributed by atoms with Gasteiger partial charge in [0.05, 0.1) is 12.0 Å². The maximum atomic E-state index is 13.1. The molecule has 1 aliphatic rings. The van der Waals surface area contributed by atoms with Crippen LogP contribution in [0.25, 0.3) is 11.4 Å². The molecule has 1 aliphatic heterocycles. The summed E-state index contributed by atoms with van der Waals surface area (Å²) in [5.41, 5.74) is 2.83. The quantitative estimate of drug-likeness (QED) is 0.667. The van der Waals surface area contributed by atoms with Crippen molar-refractivity contribution in [2.75, 3.05) is 6.54 Å². The molecule has 8 nitrogen and oxygen atoms in total. The van der Waals surface area contributed by atoms with E-state index in [-0.39, 0.29) is 12.2 Å². The number of hydrogen-bond acceptors (Lipinski definition) is 4. The highest BCUT2D eigenvalue weighted by atomic mass is 16.4. The Morgan fingerprint density at radius 2 is 2.04 bits per heavy atom. The van der Waals surface area contributed by atoms with Crippen molar-refractivity contribution in [3.05, 3.63) is 59.4 Å². The number of benzene rings is 1. The molecule has 0 spiro atoms. The predicted molar refractivity (Wildman–Crippen MR) is 92.5 cm³/mol. The lowest BCUT2D eigenvalue weighted by molar-refractivity contribution is -0.143. The highest BCUT2D eigenvalue weighted by molar-refractivity contribution is 5.97. The Labute approximate surface area is 148 Å². The number of aryl methyl sites for hydroxylation is 1. The molecule has 0 aliphatic carbocycles. The minimum Gasteiger partial charge on any atom is -0.479 e. The first-order valence-electron chi connectivity index (χ1n) is 8.24. The number of aromatic nitrogens is 4. The van der Waals surface area contributed by atoms with E-state index in [2.05, 4.69) is 19.9 Å². The maximum Gasteiger partial charge on any atom is 0.332 e. The standard InChI is InChI=1S/C18H17N5O3/c1-10-13(22-16(21-10)11-5-3-2-4-6-11)17(24)23-8-7-12-14(20-9-19-12)15(23)18(25)26/h2-6,9,15H,7-8H2,1H3,(H,19,20)(H,21,22)(H,25,26)/t15-/m0/s1. The molecule has 0 radical (unpaired) electrons. The Kier molecular flexibility index (Phi) is 3.80. The zero-order chi connectivity index (χ0) is 18.3. The van der Waals surface area contributed by atoms with E-state index >= 15 is 0 Å². The number of H-pyrrole nitrogens is 2. The van der Waals surface area contributed by atoms with E-state index in [0.717, 1.165) is 11.3 Å². The van der Waals surface area contributed by atoms with Gasteiger partial charge in [-0.1, -0.05) is 30.3 Å². The molecule has 0 bridgehead atoms. The highest BCUT2D eigenvalue weighted by Gasteiger charge is 2.39. The molecular formula is C18H17N5O3. The molecule has 0 saturated heterocycles. The van der Waals surface area contributed by atoms with Gasteiger partial charge in [0.15, 0.2) is 6.04 Å². The monoisotopic (exact) mass is 351 g/mol. The molecular weight excluding hydrogens is 334 g/mol. The Balaban J connectivity index is 1.70. The smallest absolute Gasteiger partial charge is 0.332 e. The first kappa shape index (κ1) is 16.1. The summed E-state index contributed by atoms with van der Waals surface area (Å²) < 4.78 is 0. The van der Waals surface area contributed by atoms with Gasteiger partial charge in [-0.25, -0.2) is 14.8 Å². The van der Waals surface area contributed by atoms with Crippen molar-refractivity contribution < 1.29 is 14.7 Å². The third kappa shape index (κ3) is 2.55. The van der Waals surface area contributed by atoms with Crippen LogP contribution in [0.1, 0.15) is 33.6 Å². The Morgan fingerprint density at radius 1 is 1.27 bits per heavy atom. The Bertz CT molecular complexity index is 976. The SMILES string of the molecule is Cc1[nH]c(-c2ccccc2)nc1C(=O)N1CCc2[nH]cnc2[C@H]1C(=O)O. The number of aromatic amines is 2. The van der Waals surface area contributed by atoms with Crippen LogP contribution in [0.5, 0.6) is 0 Å². The average molecular weight is 351 g/mol. The summed E-state index contributed by atoms with van der Waals surface area (Å²) in [4.78, 5) is 40.8. The largest absolute Gasteiger partial charge is 0.479 e. The molecule has 3 N–H and O–H groups in total. The second-order valence-electron chi connectivity index (χ2n) is 6.18. The fourth-order valence-corrected chi connectivity index (χ4v) is 3.28. The topological polar surface area (TPSA) is 115 Å². The number of amides is 1. The van der Waals surface area contributed by atoms with Crippen molar-refractivity contribution >= 4 is 11.9 Å². The molecule has 1 atom stereocenters. The van der Waals surface area contributed by atoms with Crippen LogP contribution in [0, 0.1) is 6.92 Å². The lowest BCUT2D eigenvalue weighted by Gasteiger charge is -2.31. The van der Waals surface area contributed by atoms with E-state index in [0.29, 0.717) is 23.6 Å². The van der Waals surface area contributed by atoms with Gasteiger partial charge in [0, 0.05) is 29.9 Å². The van der Waals surface area contributed by atoms with Gasteiger partial charge < -0.3 is 20.0 Å². The third-order valence-electron chi connectivity index (χ3n) is 4.55. The number of carbonyl (C=O) groups excluding carboxylic acids is 1. The summed E-state index contributed by atoms with van der Waals surface area (Å²) in [5, 5.41) is 9.65. The molecule has 4 rings (SSSR count). The molecule has 8 heteroatoms. The number of carboxylic acid groups (broad SMARTS) is 1. The fourth-order valence-electron chi connectivity index (χ4n) is 3.28. The number of nitrogens with zero attached hydrogens (tertiary/aromatic N) is 3. The van der Waals surface area contributed by atoms with Crippen molar-refractivity contribution in [2.45, 2.75) is 19.4 Å². The lowest BCUT2D eigenvalue weighted by atomic mass is 10.0. The number of hydrogen-bond donors (Lipinski definition) is 3. The first-order valence-corrected chi connectivity index (χ1v) is 8.24.